The number of aliphatic imine (C=N–C) groups is 1. The summed E-state index contributed by atoms with van der Waals surface area (Å²) >= 11 is 0. The summed E-state index contributed by atoms with van der Waals surface area (Å²) in [4.78, 5) is 4.46. The molecule has 16 heavy (non-hydrogen) atoms. The largest absolute Gasteiger partial charge is 0.491 e. The van der Waals surface area contributed by atoms with Crippen molar-refractivity contribution in [2.75, 3.05) is 6.61 Å². The molecule has 3 N–H and O–H groups in total. The average Bonchev–Trinajstić information content (AvgIpc) is 3.00. The lowest BCUT2D eigenvalue weighted by molar-refractivity contribution is 0.333. The highest BCUT2D eigenvalue weighted by Gasteiger charge is 2.25. The van der Waals surface area contributed by atoms with Crippen molar-refractivity contribution in [2.24, 2.45) is 10.7 Å². The zero-order valence-corrected chi connectivity index (χ0v) is 9.02. The van der Waals surface area contributed by atoms with Crippen molar-refractivity contribution >= 4 is 5.96 Å². The molecule has 1 unspecified atom stereocenters. The van der Waals surface area contributed by atoms with Crippen molar-refractivity contribution in [1.29, 1.82) is 0 Å². The van der Waals surface area contributed by atoms with Gasteiger partial charge in [0.25, 0.3) is 0 Å². The second kappa shape index (κ2) is 3.70. The van der Waals surface area contributed by atoms with Crippen LogP contribution in [-0.2, 0) is 0 Å². The van der Waals surface area contributed by atoms with Gasteiger partial charge in [0.2, 0.25) is 0 Å². The minimum absolute atomic E-state index is 0.0439. The van der Waals surface area contributed by atoms with E-state index in [-0.39, 0.29) is 6.04 Å². The van der Waals surface area contributed by atoms with Gasteiger partial charge >= 0.3 is 0 Å². The number of nitrogens with two attached hydrogens (primary N) is 1. The zero-order valence-electron chi connectivity index (χ0n) is 9.02. The third-order valence-electron chi connectivity index (χ3n) is 2.90. The summed E-state index contributed by atoms with van der Waals surface area (Å²) in [5.41, 5.74) is 6.96. The lowest BCUT2D eigenvalue weighted by atomic mass is 10.1. The summed E-state index contributed by atoms with van der Waals surface area (Å²) in [6, 6.07) is 8.57. The quantitative estimate of drug-likeness (QED) is 0.578. The number of fused-ring (bicyclic) bond motifs is 1. The highest BCUT2D eigenvalue weighted by molar-refractivity contribution is 5.78. The number of guanidine groups is 1. The van der Waals surface area contributed by atoms with E-state index >= 15 is 0 Å². The van der Waals surface area contributed by atoms with E-state index in [0.717, 1.165) is 11.3 Å². The molecule has 0 bridgehead atoms. The van der Waals surface area contributed by atoms with Gasteiger partial charge in [0.05, 0.1) is 0 Å². The molecule has 84 valence electrons. The minimum Gasteiger partial charge on any atom is -0.491 e. The molecule has 4 nitrogen and oxygen atoms in total. The van der Waals surface area contributed by atoms with E-state index in [1.807, 2.05) is 24.3 Å². The van der Waals surface area contributed by atoms with Crippen LogP contribution in [0.3, 0.4) is 0 Å². The zero-order chi connectivity index (χ0) is 11.0. The molecule has 1 aliphatic carbocycles. The van der Waals surface area contributed by atoms with Gasteiger partial charge in [-0.15, -0.1) is 0 Å². The number of para-hydroxylation sites is 1. The summed E-state index contributed by atoms with van der Waals surface area (Å²) in [6.07, 6.45) is 2.40. The first-order valence-electron chi connectivity index (χ1n) is 5.64. The topological polar surface area (TPSA) is 59.6 Å². The highest BCUT2D eigenvalue weighted by Crippen LogP contribution is 2.34. The van der Waals surface area contributed by atoms with Crippen molar-refractivity contribution in [2.45, 2.75) is 24.9 Å². The van der Waals surface area contributed by atoms with Crippen LogP contribution in [0.1, 0.15) is 24.4 Å². The second-order valence-electron chi connectivity index (χ2n) is 4.30. The maximum absolute atomic E-state index is 5.83. The monoisotopic (exact) mass is 217 g/mol. The van der Waals surface area contributed by atoms with Gasteiger partial charge in [0.15, 0.2) is 5.96 Å². The highest BCUT2D eigenvalue weighted by atomic mass is 16.5. The Morgan fingerprint density at radius 1 is 1.38 bits per heavy atom. The van der Waals surface area contributed by atoms with Crippen LogP contribution in [0.4, 0.5) is 0 Å². The smallest absolute Gasteiger partial charge is 0.189 e. The molecular formula is C12H15N3O. The van der Waals surface area contributed by atoms with Crippen LogP contribution in [0.5, 0.6) is 5.75 Å². The molecule has 2 aliphatic rings. The maximum atomic E-state index is 5.83. The first-order chi connectivity index (χ1) is 7.83. The summed E-state index contributed by atoms with van der Waals surface area (Å²) in [5, 5.41) is 3.18. The molecule has 3 rings (SSSR count). The summed E-state index contributed by atoms with van der Waals surface area (Å²) in [6.45, 7) is 0.590. The van der Waals surface area contributed by atoms with E-state index in [1.54, 1.807) is 0 Å². The molecular weight excluding hydrogens is 202 g/mol. The minimum atomic E-state index is 0.0439. The number of hydrogen-bond donors (Lipinski definition) is 2. The van der Waals surface area contributed by atoms with Crippen LogP contribution in [-0.4, -0.2) is 18.6 Å². The van der Waals surface area contributed by atoms with Crippen molar-refractivity contribution in [1.82, 2.24) is 5.32 Å². The molecule has 0 aromatic heterocycles. The van der Waals surface area contributed by atoms with Gasteiger partial charge in [0, 0.05) is 11.6 Å². The Hall–Kier alpha value is -1.71. The molecule has 0 amide bonds. The Kier molecular flexibility index (Phi) is 2.20. The molecule has 0 spiro atoms. The normalized spacial score (nSPS) is 23.8. The Labute approximate surface area is 94.5 Å². The summed E-state index contributed by atoms with van der Waals surface area (Å²) in [7, 11) is 0. The molecule has 4 heteroatoms. The van der Waals surface area contributed by atoms with Crippen LogP contribution in [0.2, 0.25) is 0 Å². The number of hydrogen-bond acceptors (Lipinski definition) is 2. The van der Waals surface area contributed by atoms with Crippen molar-refractivity contribution in [3.63, 3.8) is 0 Å². The van der Waals surface area contributed by atoms with Crippen LogP contribution < -0.4 is 15.8 Å². The second-order valence-corrected chi connectivity index (χ2v) is 4.30. The van der Waals surface area contributed by atoms with E-state index in [1.165, 1.54) is 12.8 Å². The Bertz CT molecular complexity index is 426. The van der Waals surface area contributed by atoms with Gasteiger partial charge in [-0.2, -0.15) is 0 Å². The maximum Gasteiger partial charge on any atom is 0.189 e. The van der Waals surface area contributed by atoms with Crippen molar-refractivity contribution < 1.29 is 4.74 Å². The van der Waals surface area contributed by atoms with Gasteiger partial charge in [-0.1, -0.05) is 18.2 Å². The Balaban J connectivity index is 1.76. The van der Waals surface area contributed by atoms with Crippen molar-refractivity contribution in [3.05, 3.63) is 29.8 Å². The molecule has 1 aromatic rings. The number of benzene rings is 1. The molecule has 1 aliphatic heterocycles. The van der Waals surface area contributed by atoms with Crippen molar-refractivity contribution in [3.8, 4) is 5.75 Å². The van der Waals surface area contributed by atoms with Gasteiger partial charge in [-0.25, -0.2) is 4.99 Å². The molecule has 0 radical (unpaired) electrons. The van der Waals surface area contributed by atoms with Crippen LogP contribution >= 0.6 is 0 Å². The number of nitrogens with zero attached hydrogens (tertiary/aromatic N) is 1. The average molecular weight is 217 g/mol. The van der Waals surface area contributed by atoms with Gasteiger partial charge < -0.3 is 15.8 Å². The van der Waals surface area contributed by atoms with E-state index in [4.69, 9.17) is 10.5 Å². The van der Waals surface area contributed by atoms with E-state index < -0.39 is 0 Å². The number of rotatable bonds is 2. The van der Waals surface area contributed by atoms with Gasteiger partial charge in [0.1, 0.15) is 18.4 Å². The van der Waals surface area contributed by atoms with Gasteiger partial charge in [-0.05, 0) is 18.9 Å². The lowest BCUT2D eigenvalue weighted by Gasteiger charge is -2.07. The number of ether oxygens (including phenoxy) is 1. The Morgan fingerprint density at radius 2 is 2.19 bits per heavy atom. The fourth-order valence-corrected chi connectivity index (χ4v) is 1.89. The van der Waals surface area contributed by atoms with Crippen LogP contribution in [0, 0.1) is 0 Å². The molecule has 1 fully saturated rings. The fraction of sp³-hybridized carbons (Fsp3) is 0.417. The molecule has 1 aromatic carbocycles. The SMILES string of the molecule is NC(=NC1COc2ccccc21)NC1CC1. The molecule has 1 saturated carbocycles. The van der Waals surface area contributed by atoms with Gasteiger partial charge in [-0.3, -0.25) is 0 Å². The lowest BCUT2D eigenvalue weighted by Crippen LogP contribution is -2.33. The van der Waals surface area contributed by atoms with Crippen LogP contribution in [0.25, 0.3) is 0 Å². The van der Waals surface area contributed by atoms with E-state index in [2.05, 4.69) is 10.3 Å². The van der Waals surface area contributed by atoms with E-state index in [0.29, 0.717) is 18.6 Å². The Morgan fingerprint density at radius 3 is 3.00 bits per heavy atom. The molecule has 0 saturated heterocycles. The third kappa shape index (κ3) is 1.83. The van der Waals surface area contributed by atoms with Crippen LogP contribution in [0.15, 0.2) is 29.3 Å². The van der Waals surface area contributed by atoms with E-state index in [9.17, 15) is 0 Å². The first kappa shape index (κ1) is 9.51. The predicted molar refractivity (Wildman–Crippen MR) is 62.5 cm³/mol. The fourth-order valence-electron chi connectivity index (χ4n) is 1.89. The standard InChI is InChI=1S/C12H15N3O/c13-12(14-8-5-6-8)15-10-7-16-11-4-2-1-3-9(10)11/h1-4,8,10H,5-7H2,(H3,13,14,15). The summed E-state index contributed by atoms with van der Waals surface area (Å²) in [5.74, 6) is 1.46. The number of nitrogens with one attached hydrogen (secondary N) is 1. The molecule has 1 atom stereocenters. The third-order valence-corrected chi connectivity index (χ3v) is 2.90. The summed E-state index contributed by atoms with van der Waals surface area (Å²) < 4.78 is 5.54. The molecule has 1 heterocycles. The predicted octanol–water partition coefficient (Wildman–Crippen LogP) is 1.19. The first-order valence-corrected chi connectivity index (χ1v) is 5.64.